The van der Waals surface area contributed by atoms with Crippen LogP contribution in [0, 0.1) is 0 Å². The fourth-order valence-corrected chi connectivity index (χ4v) is 6.43. The fourth-order valence-electron chi connectivity index (χ4n) is 4.62. The fraction of sp³-hybridized carbons (Fsp3) is 0.0333. The van der Waals surface area contributed by atoms with Crippen molar-refractivity contribution in [2.75, 3.05) is 4.31 Å². The molecular formula is C30H21BrCl2N4O3S. The first-order chi connectivity index (χ1) is 19.7. The van der Waals surface area contributed by atoms with E-state index in [1.807, 2.05) is 35.0 Å². The van der Waals surface area contributed by atoms with Crippen molar-refractivity contribution in [3.05, 3.63) is 135 Å². The number of hydrogen-bond donors (Lipinski definition) is 2. The molecule has 0 spiro atoms. The Labute approximate surface area is 255 Å². The SMILES string of the molecule is O=S1(=O)NC(O)=CN1c1cccc(-n2cc(-c3ccc(Cl)cc3Cl)nc2Cc2ccc(-c3ccc(Br)cc3)cc2)c1. The summed E-state index contributed by atoms with van der Waals surface area (Å²) in [4.78, 5) is 4.93. The Morgan fingerprint density at radius 1 is 0.878 bits per heavy atom. The first-order valence-corrected chi connectivity index (χ1v) is 15.4. The Morgan fingerprint density at radius 3 is 2.22 bits per heavy atom. The maximum Gasteiger partial charge on any atom is 0.330 e. The van der Waals surface area contributed by atoms with Crippen molar-refractivity contribution in [1.29, 1.82) is 0 Å². The molecule has 7 nitrogen and oxygen atoms in total. The minimum absolute atomic E-state index is 0.351. The first-order valence-electron chi connectivity index (χ1n) is 12.4. The maximum absolute atomic E-state index is 12.5. The van der Waals surface area contributed by atoms with Gasteiger partial charge in [-0.25, -0.2) is 14.0 Å². The highest BCUT2D eigenvalue weighted by molar-refractivity contribution is 9.10. The van der Waals surface area contributed by atoms with Crippen LogP contribution in [0.5, 0.6) is 0 Å². The lowest BCUT2D eigenvalue weighted by molar-refractivity contribution is 0.392. The van der Waals surface area contributed by atoms with Crippen LogP contribution in [0.1, 0.15) is 11.4 Å². The van der Waals surface area contributed by atoms with Gasteiger partial charge in [0, 0.05) is 33.4 Å². The Morgan fingerprint density at radius 2 is 1.56 bits per heavy atom. The molecule has 2 heterocycles. The second kappa shape index (κ2) is 10.9. The minimum atomic E-state index is -3.94. The molecule has 0 amide bonds. The highest BCUT2D eigenvalue weighted by Crippen LogP contribution is 2.33. The Bertz CT molecular complexity index is 1910. The van der Waals surface area contributed by atoms with Gasteiger partial charge in [0.2, 0.25) is 5.88 Å². The van der Waals surface area contributed by atoms with Crippen LogP contribution in [0.2, 0.25) is 10.0 Å². The van der Waals surface area contributed by atoms with Crippen LogP contribution in [0.15, 0.2) is 114 Å². The Kier molecular flexibility index (Phi) is 7.29. The van der Waals surface area contributed by atoms with E-state index in [1.54, 1.807) is 30.3 Å². The lowest BCUT2D eigenvalue weighted by Gasteiger charge is -2.16. The zero-order valence-corrected chi connectivity index (χ0v) is 25.1. The molecule has 0 unspecified atom stereocenters. The molecule has 0 atom stereocenters. The summed E-state index contributed by atoms with van der Waals surface area (Å²) in [7, 11) is -3.94. The number of hydrogen-bond acceptors (Lipinski definition) is 4. The number of imidazole rings is 1. The van der Waals surface area contributed by atoms with E-state index in [4.69, 9.17) is 28.2 Å². The average Bonchev–Trinajstić information content (AvgIpc) is 3.48. The second-order valence-electron chi connectivity index (χ2n) is 9.35. The molecule has 11 heteroatoms. The molecule has 0 saturated carbocycles. The number of nitrogens with zero attached hydrogens (tertiary/aromatic N) is 3. The third kappa shape index (κ3) is 5.71. The molecule has 1 aliphatic heterocycles. The van der Waals surface area contributed by atoms with Gasteiger partial charge < -0.3 is 9.67 Å². The zero-order valence-electron chi connectivity index (χ0n) is 21.2. The van der Waals surface area contributed by atoms with Crippen LogP contribution < -0.4 is 9.03 Å². The Balaban J connectivity index is 1.40. The van der Waals surface area contributed by atoms with E-state index in [2.05, 4.69) is 57.1 Å². The molecule has 1 aromatic heterocycles. The van der Waals surface area contributed by atoms with Crippen molar-refractivity contribution in [3.63, 3.8) is 0 Å². The normalized spacial score (nSPS) is 14.1. The summed E-state index contributed by atoms with van der Waals surface area (Å²) in [6.07, 6.45) is 3.49. The number of rotatable bonds is 6. The summed E-state index contributed by atoms with van der Waals surface area (Å²) in [6.45, 7) is 0. The second-order valence-corrected chi connectivity index (χ2v) is 12.7. The monoisotopic (exact) mass is 666 g/mol. The van der Waals surface area contributed by atoms with Gasteiger partial charge in [-0.1, -0.05) is 81.6 Å². The molecule has 6 rings (SSSR count). The van der Waals surface area contributed by atoms with Gasteiger partial charge in [0.25, 0.3) is 0 Å². The van der Waals surface area contributed by atoms with E-state index >= 15 is 0 Å². The number of aromatic nitrogens is 2. The van der Waals surface area contributed by atoms with E-state index < -0.39 is 16.1 Å². The van der Waals surface area contributed by atoms with Gasteiger partial charge in [0.15, 0.2) is 0 Å². The number of halogens is 3. The van der Waals surface area contributed by atoms with E-state index in [1.165, 1.54) is 0 Å². The number of benzene rings is 4. The van der Waals surface area contributed by atoms with Crippen molar-refractivity contribution < 1.29 is 13.5 Å². The highest BCUT2D eigenvalue weighted by Gasteiger charge is 2.29. The predicted octanol–water partition coefficient (Wildman–Crippen LogP) is 7.88. The quantitative estimate of drug-likeness (QED) is 0.193. The van der Waals surface area contributed by atoms with Gasteiger partial charge in [0.1, 0.15) is 5.82 Å². The lowest BCUT2D eigenvalue weighted by atomic mass is 10.0. The molecule has 2 N–H and O–H groups in total. The van der Waals surface area contributed by atoms with Crippen LogP contribution >= 0.6 is 39.1 Å². The van der Waals surface area contributed by atoms with E-state index in [0.717, 1.165) is 43.1 Å². The summed E-state index contributed by atoms with van der Waals surface area (Å²) >= 11 is 16.1. The number of aliphatic hydroxyl groups is 1. The Hall–Kier alpha value is -3.76. The smallest absolute Gasteiger partial charge is 0.330 e. The molecule has 0 saturated heterocycles. The minimum Gasteiger partial charge on any atom is -0.493 e. The summed E-state index contributed by atoms with van der Waals surface area (Å²) < 4.78 is 31.0. The van der Waals surface area contributed by atoms with Crippen molar-refractivity contribution in [2.45, 2.75) is 6.42 Å². The summed E-state index contributed by atoms with van der Waals surface area (Å²) in [5, 5.41) is 10.8. The van der Waals surface area contributed by atoms with Gasteiger partial charge >= 0.3 is 10.2 Å². The number of nitrogens with one attached hydrogen (secondary N) is 1. The van der Waals surface area contributed by atoms with Crippen LogP contribution in [0.25, 0.3) is 28.1 Å². The molecule has 1 aliphatic rings. The molecule has 0 radical (unpaired) electrons. The van der Waals surface area contributed by atoms with E-state index in [-0.39, 0.29) is 0 Å². The van der Waals surface area contributed by atoms with Crippen LogP contribution in [0.3, 0.4) is 0 Å². The molecule has 5 aromatic rings. The molecule has 4 aromatic carbocycles. The van der Waals surface area contributed by atoms with Gasteiger partial charge in [-0.3, -0.25) is 0 Å². The molecule has 206 valence electrons. The summed E-state index contributed by atoms with van der Waals surface area (Å²) in [5.74, 6) is 0.269. The van der Waals surface area contributed by atoms with Crippen molar-refractivity contribution in [2.24, 2.45) is 0 Å². The maximum atomic E-state index is 12.5. The third-order valence-corrected chi connectivity index (χ3v) is 8.95. The average molecular weight is 668 g/mol. The van der Waals surface area contributed by atoms with Gasteiger partial charge in [-0.05, 0) is 65.2 Å². The van der Waals surface area contributed by atoms with Crippen molar-refractivity contribution in [3.8, 4) is 28.1 Å². The van der Waals surface area contributed by atoms with Crippen LogP contribution in [-0.2, 0) is 16.6 Å². The molecular weight excluding hydrogens is 647 g/mol. The zero-order chi connectivity index (χ0) is 28.7. The molecule has 0 bridgehead atoms. The summed E-state index contributed by atoms with van der Waals surface area (Å²) in [5.41, 5.74) is 5.66. The largest absolute Gasteiger partial charge is 0.493 e. The van der Waals surface area contributed by atoms with Crippen LogP contribution in [0.4, 0.5) is 5.69 Å². The number of aliphatic hydroxyl groups excluding tert-OH is 1. The molecule has 41 heavy (non-hydrogen) atoms. The third-order valence-electron chi connectivity index (χ3n) is 6.57. The first kappa shape index (κ1) is 27.4. The highest BCUT2D eigenvalue weighted by atomic mass is 79.9. The van der Waals surface area contributed by atoms with E-state index in [0.29, 0.717) is 33.5 Å². The van der Waals surface area contributed by atoms with Gasteiger partial charge in [-0.15, -0.1) is 0 Å². The van der Waals surface area contributed by atoms with Gasteiger partial charge in [0.05, 0.1) is 22.6 Å². The topological polar surface area (TPSA) is 87.5 Å². The van der Waals surface area contributed by atoms with Crippen molar-refractivity contribution >= 4 is 55.0 Å². The van der Waals surface area contributed by atoms with E-state index in [9.17, 15) is 13.5 Å². The molecule has 0 fully saturated rings. The molecule has 0 aliphatic carbocycles. The lowest BCUT2D eigenvalue weighted by Crippen LogP contribution is -2.29. The predicted molar refractivity (Wildman–Crippen MR) is 167 cm³/mol. The van der Waals surface area contributed by atoms with Crippen molar-refractivity contribution in [1.82, 2.24) is 14.3 Å². The summed E-state index contributed by atoms with van der Waals surface area (Å²) in [6, 6.07) is 28.6. The standard InChI is InChI=1S/C30H21BrCl2N4O3S/c31-22-10-8-21(9-11-22)20-6-4-19(5-7-20)14-29-34-28(26-13-12-23(32)15-27(26)33)17-36(29)24-2-1-3-25(16-24)37-18-30(38)35-41(37,39)40/h1-13,15-18,35,38H,14H2. The van der Waals surface area contributed by atoms with Crippen LogP contribution in [-0.4, -0.2) is 23.1 Å². The van der Waals surface area contributed by atoms with Gasteiger partial charge in [-0.2, -0.15) is 8.42 Å². The number of anilines is 1.